The highest BCUT2D eigenvalue weighted by atomic mass is 19.1. The first kappa shape index (κ1) is 27.3. The fourth-order valence-electron chi connectivity index (χ4n) is 5.07. The van der Waals surface area contributed by atoms with Crippen molar-refractivity contribution in [3.63, 3.8) is 0 Å². The molecular weight excluding hydrogens is 517 g/mol. The molecule has 4 aromatic rings. The number of primary amides is 1. The van der Waals surface area contributed by atoms with Crippen LogP contribution in [0.2, 0.25) is 0 Å². The van der Waals surface area contributed by atoms with Crippen molar-refractivity contribution < 1.29 is 23.8 Å². The normalized spacial score (nSPS) is 15.4. The van der Waals surface area contributed by atoms with Crippen LogP contribution in [0.25, 0.3) is 10.9 Å². The Kier molecular flexibility index (Phi) is 8.37. The van der Waals surface area contributed by atoms with E-state index in [1.54, 1.807) is 42.3 Å². The van der Waals surface area contributed by atoms with Crippen molar-refractivity contribution in [3.05, 3.63) is 60.3 Å². The van der Waals surface area contributed by atoms with Gasteiger partial charge in [-0.05, 0) is 50.1 Å². The van der Waals surface area contributed by atoms with Crippen LogP contribution in [0.4, 0.5) is 21.7 Å². The molecule has 3 heterocycles. The molecular formula is C28H32FN7O4. The summed E-state index contributed by atoms with van der Waals surface area (Å²) in [5.41, 5.74) is 6.92. The summed E-state index contributed by atoms with van der Waals surface area (Å²) in [6.45, 7) is 2.49. The van der Waals surface area contributed by atoms with E-state index < -0.39 is 11.7 Å². The highest BCUT2D eigenvalue weighted by Gasteiger charge is 2.24. The molecule has 2 aromatic carbocycles. The third-order valence-corrected chi connectivity index (χ3v) is 6.95. The maximum Gasteiger partial charge on any atom is 0.223 e. The predicted molar refractivity (Wildman–Crippen MR) is 148 cm³/mol. The van der Waals surface area contributed by atoms with Gasteiger partial charge < -0.3 is 20.3 Å². The number of carbonyl (C=O) groups excluding carboxylic acids is 1. The number of rotatable bonds is 12. The number of methoxy groups -OCH3 is 1. The Morgan fingerprint density at radius 2 is 2.12 bits per heavy atom. The highest BCUT2D eigenvalue weighted by Crippen LogP contribution is 2.40. The number of amides is 1. The van der Waals surface area contributed by atoms with Crippen molar-refractivity contribution in [2.75, 3.05) is 38.3 Å². The van der Waals surface area contributed by atoms with Crippen LogP contribution >= 0.6 is 0 Å². The molecule has 4 N–H and O–H groups in total. The summed E-state index contributed by atoms with van der Waals surface area (Å²) in [4.78, 5) is 24.4. The lowest BCUT2D eigenvalue weighted by Crippen LogP contribution is -2.33. The largest absolute Gasteiger partial charge is 0.493 e. The van der Waals surface area contributed by atoms with Crippen LogP contribution in [0.5, 0.6) is 11.5 Å². The van der Waals surface area contributed by atoms with Gasteiger partial charge in [0.15, 0.2) is 17.3 Å². The van der Waals surface area contributed by atoms with Gasteiger partial charge in [-0.1, -0.05) is 6.07 Å². The number of nitrogens with zero attached hydrogens (tertiary/aromatic N) is 5. The molecule has 0 aliphatic carbocycles. The smallest absolute Gasteiger partial charge is 0.223 e. The van der Waals surface area contributed by atoms with Gasteiger partial charge >= 0.3 is 0 Å². The van der Waals surface area contributed by atoms with E-state index in [-0.39, 0.29) is 19.1 Å². The molecule has 1 amide bonds. The molecule has 40 heavy (non-hydrogen) atoms. The lowest BCUT2D eigenvalue weighted by Gasteiger charge is -2.23. The third-order valence-electron chi connectivity index (χ3n) is 6.95. The van der Waals surface area contributed by atoms with E-state index >= 15 is 0 Å². The van der Waals surface area contributed by atoms with Gasteiger partial charge in [0.25, 0.3) is 0 Å². The maximum atomic E-state index is 14.3. The maximum absolute atomic E-state index is 14.3. The summed E-state index contributed by atoms with van der Waals surface area (Å²) >= 11 is 0. The Labute approximate surface area is 230 Å². The van der Waals surface area contributed by atoms with Crippen molar-refractivity contribution in [1.82, 2.24) is 25.1 Å². The Balaban J connectivity index is 1.46. The van der Waals surface area contributed by atoms with Crippen LogP contribution in [-0.4, -0.2) is 75.5 Å². The molecule has 1 fully saturated rings. The van der Waals surface area contributed by atoms with Crippen LogP contribution in [-0.2, 0) is 11.2 Å². The predicted octanol–water partition coefficient (Wildman–Crippen LogP) is 3.22. The molecule has 210 valence electrons. The van der Waals surface area contributed by atoms with Gasteiger partial charge in [-0.25, -0.2) is 14.4 Å². The average Bonchev–Trinajstić information content (AvgIpc) is 3.60. The molecule has 0 saturated carbocycles. The van der Waals surface area contributed by atoms with Crippen molar-refractivity contribution in [3.8, 4) is 11.5 Å². The summed E-state index contributed by atoms with van der Waals surface area (Å²) in [7, 11) is 1.56. The monoisotopic (exact) mass is 549 g/mol. The average molecular weight is 550 g/mol. The highest BCUT2D eigenvalue weighted by molar-refractivity contribution is 5.96. The van der Waals surface area contributed by atoms with E-state index in [1.165, 1.54) is 18.5 Å². The Morgan fingerprint density at radius 1 is 1.25 bits per heavy atom. The van der Waals surface area contributed by atoms with E-state index in [0.717, 1.165) is 32.4 Å². The molecule has 1 saturated heterocycles. The molecule has 2 aromatic heterocycles. The minimum Gasteiger partial charge on any atom is -0.493 e. The summed E-state index contributed by atoms with van der Waals surface area (Å²) in [6.07, 6.45) is 4.31. The first-order valence-electron chi connectivity index (χ1n) is 13.2. The van der Waals surface area contributed by atoms with Gasteiger partial charge in [-0.2, -0.15) is 5.10 Å². The lowest BCUT2D eigenvalue weighted by atomic mass is 10.1. The summed E-state index contributed by atoms with van der Waals surface area (Å²) in [6, 6.07) is 11.5. The number of aliphatic hydroxyl groups excluding tert-OH is 1. The number of nitrogens with two attached hydrogens (primary N) is 1. The Hall–Kier alpha value is -4.29. The molecule has 0 spiro atoms. The van der Waals surface area contributed by atoms with Crippen LogP contribution in [0.3, 0.4) is 0 Å². The number of aromatic nitrogens is 4. The van der Waals surface area contributed by atoms with Gasteiger partial charge in [0.1, 0.15) is 18.0 Å². The molecule has 12 heteroatoms. The Bertz CT molecular complexity index is 1480. The SMILES string of the molecule is COc1cc2c(N(c3cccc(F)c3)c3cc(CC(N)=O)[nH]n3)ncnc2cc1OCCCN1CCC[C@@H]1CO. The lowest BCUT2D eigenvalue weighted by molar-refractivity contribution is -0.117. The zero-order valence-corrected chi connectivity index (χ0v) is 22.2. The number of fused-ring (bicyclic) bond motifs is 1. The Morgan fingerprint density at radius 3 is 2.90 bits per heavy atom. The van der Waals surface area contributed by atoms with E-state index in [9.17, 15) is 14.3 Å². The zero-order chi connectivity index (χ0) is 28.1. The molecule has 11 nitrogen and oxygen atoms in total. The molecule has 0 radical (unpaired) electrons. The number of likely N-dealkylation sites (tertiary alicyclic amines) is 1. The summed E-state index contributed by atoms with van der Waals surface area (Å²) in [5.74, 6) is 0.923. The van der Waals surface area contributed by atoms with Gasteiger partial charge in [-0.15, -0.1) is 0 Å². The summed E-state index contributed by atoms with van der Waals surface area (Å²) < 4.78 is 26.1. The van der Waals surface area contributed by atoms with Crippen LogP contribution in [0.15, 0.2) is 48.8 Å². The third kappa shape index (κ3) is 5.97. The second-order valence-corrected chi connectivity index (χ2v) is 9.64. The molecule has 0 unspecified atom stereocenters. The fourth-order valence-corrected chi connectivity index (χ4v) is 5.07. The minimum atomic E-state index is -0.508. The number of carbonyl (C=O) groups is 1. The van der Waals surface area contributed by atoms with E-state index in [1.807, 2.05) is 0 Å². The molecule has 1 aliphatic rings. The first-order chi connectivity index (χ1) is 19.5. The number of hydrogen-bond donors (Lipinski definition) is 3. The topological polar surface area (TPSA) is 143 Å². The molecule has 5 rings (SSSR count). The summed E-state index contributed by atoms with van der Waals surface area (Å²) in [5, 5.41) is 17.3. The molecule has 0 bridgehead atoms. The number of ether oxygens (including phenoxy) is 2. The van der Waals surface area contributed by atoms with Crippen molar-refractivity contribution in [2.24, 2.45) is 5.73 Å². The number of benzene rings is 2. The molecule has 1 aliphatic heterocycles. The van der Waals surface area contributed by atoms with Gasteiger partial charge in [0, 0.05) is 35.8 Å². The second-order valence-electron chi connectivity index (χ2n) is 9.64. The number of nitrogens with one attached hydrogen (secondary N) is 1. The number of aliphatic hydroxyl groups is 1. The number of aromatic amines is 1. The fraction of sp³-hybridized carbons (Fsp3) is 0.357. The number of anilines is 3. The number of hydrogen-bond acceptors (Lipinski definition) is 9. The van der Waals surface area contributed by atoms with Gasteiger partial charge in [0.2, 0.25) is 5.91 Å². The minimum absolute atomic E-state index is 0.0263. The zero-order valence-electron chi connectivity index (χ0n) is 22.2. The first-order valence-corrected chi connectivity index (χ1v) is 13.2. The van der Waals surface area contributed by atoms with E-state index in [0.29, 0.717) is 52.0 Å². The number of halogens is 1. The quantitative estimate of drug-likeness (QED) is 0.227. The van der Waals surface area contributed by atoms with Gasteiger partial charge in [-0.3, -0.25) is 19.7 Å². The van der Waals surface area contributed by atoms with Crippen molar-refractivity contribution >= 4 is 34.1 Å². The van der Waals surface area contributed by atoms with Crippen LogP contribution < -0.4 is 20.1 Å². The van der Waals surface area contributed by atoms with Crippen LogP contribution in [0, 0.1) is 5.82 Å². The molecule has 1 atom stereocenters. The second kappa shape index (κ2) is 12.3. The standard InChI is InChI=1S/C28H32FN7O4/c1-39-24-14-22-23(15-25(24)40-10-4-9-35-8-3-7-21(35)16-37)31-17-32-28(22)36(20-6-2-5-18(29)11-20)27-13-19(33-34-27)12-26(30)38/h2,5-6,11,13-15,17,21,37H,3-4,7-10,12,16H2,1H3,(H2,30,38)(H,33,34)/t21-/m1/s1. The van der Waals surface area contributed by atoms with Crippen LogP contribution in [0.1, 0.15) is 25.0 Å². The van der Waals surface area contributed by atoms with Gasteiger partial charge in [0.05, 0.1) is 37.9 Å². The van der Waals surface area contributed by atoms with E-state index in [4.69, 9.17) is 15.2 Å². The number of H-pyrrole nitrogens is 1. The van der Waals surface area contributed by atoms with Crippen molar-refractivity contribution in [2.45, 2.75) is 31.7 Å². The van der Waals surface area contributed by atoms with E-state index in [2.05, 4.69) is 25.1 Å². The van der Waals surface area contributed by atoms with Crippen molar-refractivity contribution in [1.29, 1.82) is 0 Å².